The molecule has 2 N–H and O–H groups in total. The van der Waals surface area contributed by atoms with Crippen LogP contribution in [0.4, 0.5) is 17.5 Å². The first-order valence-corrected chi connectivity index (χ1v) is 9.33. The Hall–Kier alpha value is -3.28. The highest BCUT2D eigenvalue weighted by molar-refractivity contribution is 5.70. The third-order valence-corrected chi connectivity index (χ3v) is 4.46. The van der Waals surface area contributed by atoms with Crippen molar-refractivity contribution in [2.45, 2.75) is 26.3 Å². The highest BCUT2D eigenvalue weighted by Crippen LogP contribution is 2.32. The predicted molar refractivity (Wildman–Crippen MR) is 114 cm³/mol. The van der Waals surface area contributed by atoms with Crippen molar-refractivity contribution in [1.29, 1.82) is 0 Å². The van der Waals surface area contributed by atoms with E-state index in [-0.39, 0.29) is 6.04 Å². The Bertz CT molecular complexity index is 916. The number of nitrogens with zero attached hydrogens (tertiary/aromatic N) is 2. The van der Waals surface area contributed by atoms with Crippen LogP contribution in [-0.2, 0) is 0 Å². The molecule has 6 heteroatoms. The summed E-state index contributed by atoms with van der Waals surface area (Å²) in [6, 6.07) is 17.9. The van der Waals surface area contributed by atoms with Crippen LogP contribution >= 0.6 is 0 Å². The smallest absolute Gasteiger partial charge is 0.225 e. The number of benzene rings is 2. The van der Waals surface area contributed by atoms with Crippen molar-refractivity contribution < 1.29 is 9.47 Å². The van der Waals surface area contributed by atoms with Crippen LogP contribution in [0.1, 0.15) is 20.3 Å². The van der Waals surface area contributed by atoms with Crippen molar-refractivity contribution in [3.63, 3.8) is 0 Å². The summed E-state index contributed by atoms with van der Waals surface area (Å²) in [7, 11) is 3.26. The molecule has 0 saturated carbocycles. The fourth-order valence-electron chi connectivity index (χ4n) is 2.69. The summed E-state index contributed by atoms with van der Waals surface area (Å²) in [5.41, 5.74) is 2.67. The lowest BCUT2D eigenvalue weighted by atomic mass is 10.1. The molecule has 0 spiro atoms. The van der Waals surface area contributed by atoms with Crippen molar-refractivity contribution in [2.75, 3.05) is 24.9 Å². The molecule has 0 aliphatic rings. The molecular formula is C22H26N4O2. The largest absolute Gasteiger partial charge is 0.497 e. The summed E-state index contributed by atoms with van der Waals surface area (Å²) in [5, 5.41) is 6.71. The maximum Gasteiger partial charge on any atom is 0.225 e. The Labute approximate surface area is 166 Å². The minimum Gasteiger partial charge on any atom is -0.497 e. The van der Waals surface area contributed by atoms with Crippen LogP contribution in [0.2, 0.25) is 0 Å². The van der Waals surface area contributed by atoms with E-state index in [4.69, 9.17) is 9.47 Å². The molecule has 1 aromatic heterocycles. The Morgan fingerprint density at radius 1 is 0.964 bits per heavy atom. The molecule has 0 amide bonds. The van der Waals surface area contributed by atoms with E-state index in [1.165, 1.54) is 0 Å². The molecule has 2 aromatic carbocycles. The topological polar surface area (TPSA) is 68.3 Å². The summed E-state index contributed by atoms with van der Waals surface area (Å²) >= 11 is 0. The predicted octanol–water partition coefficient (Wildman–Crippen LogP) is 5.11. The summed E-state index contributed by atoms with van der Waals surface area (Å²) in [6.45, 7) is 4.23. The number of hydrogen-bond donors (Lipinski definition) is 2. The van der Waals surface area contributed by atoms with Gasteiger partial charge in [0.05, 0.1) is 25.6 Å². The lowest BCUT2D eigenvalue weighted by Crippen LogP contribution is -2.16. The van der Waals surface area contributed by atoms with Gasteiger partial charge in [-0.25, -0.2) is 4.98 Å². The number of methoxy groups -OCH3 is 2. The second-order valence-corrected chi connectivity index (χ2v) is 6.47. The highest BCUT2D eigenvalue weighted by Gasteiger charge is 2.11. The van der Waals surface area contributed by atoms with Gasteiger partial charge in [0.25, 0.3) is 0 Å². The minimum absolute atomic E-state index is 0.273. The SMILES string of the molecule is CC[C@@H](C)Nc1nc(Nc2ccc(OC)cc2OC)cc(-c2ccccc2)n1. The van der Waals surface area contributed by atoms with Crippen molar-refractivity contribution in [3.8, 4) is 22.8 Å². The third kappa shape index (κ3) is 4.71. The molecular weight excluding hydrogens is 352 g/mol. The molecule has 0 bridgehead atoms. The van der Waals surface area contributed by atoms with Crippen molar-refractivity contribution >= 4 is 17.5 Å². The Morgan fingerprint density at radius 2 is 1.75 bits per heavy atom. The summed E-state index contributed by atoms with van der Waals surface area (Å²) in [4.78, 5) is 9.33. The van der Waals surface area contributed by atoms with Crippen LogP contribution in [0.5, 0.6) is 11.5 Å². The number of nitrogens with one attached hydrogen (secondary N) is 2. The Kier molecular flexibility index (Phi) is 6.32. The third-order valence-electron chi connectivity index (χ3n) is 4.46. The van der Waals surface area contributed by atoms with E-state index in [1.807, 2.05) is 54.6 Å². The van der Waals surface area contributed by atoms with Gasteiger partial charge in [-0.2, -0.15) is 4.98 Å². The first-order valence-electron chi connectivity index (χ1n) is 9.33. The zero-order chi connectivity index (χ0) is 19.9. The van der Waals surface area contributed by atoms with E-state index in [1.54, 1.807) is 14.2 Å². The lowest BCUT2D eigenvalue weighted by Gasteiger charge is -2.16. The van der Waals surface area contributed by atoms with Crippen LogP contribution in [0.15, 0.2) is 54.6 Å². The van der Waals surface area contributed by atoms with Gasteiger partial charge in [-0.1, -0.05) is 37.3 Å². The standard InChI is InChI=1S/C22H26N4O2/c1-5-15(2)23-22-25-19(16-9-7-6-8-10-16)14-21(26-22)24-18-12-11-17(27-3)13-20(18)28-4/h6-15H,5H2,1-4H3,(H2,23,24,25,26)/t15-/m1/s1. The zero-order valence-corrected chi connectivity index (χ0v) is 16.7. The molecule has 0 radical (unpaired) electrons. The van der Waals surface area contributed by atoms with E-state index in [0.717, 1.165) is 29.1 Å². The van der Waals surface area contributed by atoms with Crippen LogP contribution in [-0.4, -0.2) is 30.2 Å². The molecule has 28 heavy (non-hydrogen) atoms. The van der Waals surface area contributed by atoms with Gasteiger partial charge in [0.1, 0.15) is 17.3 Å². The fraction of sp³-hybridized carbons (Fsp3) is 0.273. The molecule has 0 unspecified atom stereocenters. The van der Waals surface area contributed by atoms with Gasteiger partial charge >= 0.3 is 0 Å². The first-order chi connectivity index (χ1) is 13.6. The summed E-state index contributed by atoms with van der Waals surface area (Å²) in [6.07, 6.45) is 0.980. The van der Waals surface area contributed by atoms with Crippen molar-refractivity contribution in [3.05, 3.63) is 54.6 Å². The van der Waals surface area contributed by atoms with Crippen molar-refractivity contribution in [1.82, 2.24) is 9.97 Å². The molecule has 6 nitrogen and oxygen atoms in total. The molecule has 1 heterocycles. The average Bonchev–Trinajstić information content (AvgIpc) is 2.74. The number of anilines is 3. The van der Waals surface area contributed by atoms with E-state index in [9.17, 15) is 0 Å². The maximum atomic E-state index is 5.49. The first kappa shape index (κ1) is 19.5. The van der Waals surface area contributed by atoms with Gasteiger partial charge in [0.15, 0.2) is 0 Å². The molecule has 3 rings (SSSR count). The Morgan fingerprint density at radius 3 is 2.43 bits per heavy atom. The van der Waals surface area contributed by atoms with Gasteiger partial charge in [0, 0.05) is 23.7 Å². The molecule has 1 atom stereocenters. The van der Waals surface area contributed by atoms with Crippen molar-refractivity contribution in [2.24, 2.45) is 0 Å². The second-order valence-electron chi connectivity index (χ2n) is 6.47. The molecule has 0 saturated heterocycles. The maximum absolute atomic E-state index is 5.49. The zero-order valence-electron chi connectivity index (χ0n) is 16.7. The summed E-state index contributed by atoms with van der Waals surface area (Å²) in [5.74, 6) is 2.68. The molecule has 146 valence electrons. The van der Waals surface area contributed by atoms with E-state index in [0.29, 0.717) is 17.5 Å². The quantitative estimate of drug-likeness (QED) is 0.567. The van der Waals surface area contributed by atoms with E-state index < -0.39 is 0 Å². The van der Waals surface area contributed by atoms with Gasteiger partial charge < -0.3 is 20.1 Å². The van der Waals surface area contributed by atoms with E-state index >= 15 is 0 Å². The van der Waals surface area contributed by atoms with Gasteiger partial charge in [-0.3, -0.25) is 0 Å². The molecule has 0 fully saturated rings. The Balaban J connectivity index is 1.99. The second kappa shape index (κ2) is 9.08. The lowest BCUT2D eigenvalue weighted by molar-refractivity contribution is 0.395. The minimum atomic E-state index is 0.273. The fourth-order valence-corrected chi connectivity index (χ4v) is 2.69. The van der Waals surface area contributed by atoms with E-state index in [2.05, 4.69) is 34.4 Å². The number of rotatable bonds is 8. The molecule has 0 aliphatic carbocycles. The van der Waals surface area contributed by atoms with Crippen LogP contribution < -0.4 is 20.1 Å². The number of aromatic nitrogens is 2. The normalized spacial score (nSPS) is 11.6. The molecule has 3 aromatic rings. The van der Waals surface area contributed by atoms with Crippen LogP contribution in [0, 0.1) is 0 Å². The van der Waals surface area contributed by atoms with Crippen LogP contribution in [0.25, 0.3) is 11.3 Å². The van der Waals surface area contributed by atoms with Gasteiger partial charge in [-0.15, -0.1) is 0 Å². The monoisotopic (exact) mass is 378 g/mol. The summed E-state index contributed by atoms with van der Waals surface area (Å²) < 4.78 is 10.8. The average molecular weight is 378 g/mol. The van der Waals surface area contributed by atoms with Gasteiger partial charge in [-0.05, 0) is 25.5 Å². The van der Waals surface area contributed by atoms with Gasteiger partial charge in [0.2, 0.25) is 5.95 Å². The molecule has 0 aliphatic heterocycles. The number of hydrogen-bond acceptors (Lipinski definition) is 6. The number of ether oxygens (including phenoxy) is 2. The highest BCUT2D eigenvalue weighted by atomic mass is 16.5. The van der Waals surface area contributed by atoms with Crippen LogP contribution in [0.3, 0.4) is 0 Å².